The van der Waals surface area contributed by atoms with Crippen molar-refractivity contribution < 1.29 is 4.74 Å². The van der Waals surface area contributed by atoms with E-state index < -0.39 is 0 Å². The van der Waals surface area contributed by atoms with E-state index in [4.69, 9.17) is 32.9 Å². The van der Waals surface area contributed by atoms with Crippen molar-refractivity contribution in [2.24, 2.45) is 5.92 Å². The maximum Gasteiger partial charge on any atom is 0.111 e. The average molecular weight is 325 g/mol. The topological polar surface area (TPSA) is 27.1 Å². The molecule has 2 atom stereocenters. The number of hydrogen-bond acceptors (Lipinski definition) is 2. The van der Waals surface area contributed by atoms with Gasteiger partial charge in [0.25, 0.3) is 0 Å². The fraction of sp³-hybridized carbons (Fsp3) is 0.562. The number of aryl methyl sites for hydroxylation is 1. The maximum atomic E-state index is 6.20. The van der Waals surface area contributed by atoms with Crippen molar-refractivity contribution in [3.8, 4) is 0 Å². The predicted octanol–water partition coefficient (Wildman–Crippen LogP) is 4.21. The first-order valence-corrected chi connectivity index (χ1v) is 8.53. The van der Waals surface area contributed by atoms with Gasteiger partial charge in [0, 0.05) is 23.9 Å². The molecule has 4 rings (SSSR count). The van der Waals surface area contributed by atoms with Gasteiger partial charge in [0.1, 0.15) is 5.82 Å². The minimum atomic E-state index is 0.329. The first kappa shape index (κ1) is 13.9. The van der Waals surface area contributed by atoms with Gasteiger partial charge in [0.15, 0.2) is 0 Å². The minimum Gasteiger partial charge on any atom is -0.376 e. The average Bonchev–Trinajstić information content (AvgIpc) is 3.10. The van der Waals surface area contributed by atoms with Crippen LogP contribution in [0.1, 0.15) is 31.1 Å². The van der Waals surface area contributed by atoms with Crippen molar-refractivity contribution in [1.82, 2.24) is 9.55 Å². The van der Waals surface area contributed by atoms with E-state index in [9.17, 15) is 0 Å². The number of fused-ring (bicyclic) bond motifs is 1. The van der Waals surface area contributed by atoms with Gasteiger partial charge < -0.3 is 9.30 Å². The maximum absolute atomic E-state index is 6.20. The summed E-state index contributed by atoms with van der Waals surface area (Å²) in [6.07, 6.45) is 4.74. The van der Waals surface area contributed by atoms with Crippen molar-refractivity contribution in [3.63, 3.8) is 0 Å². The molecule has 0 N–H and O–H groups in total. The molecule has 1 aliphatic carbocycles. The van der Waals surface area contributed by atoms with Gasteiger partial charge >= 0.3 is 0 Å². The zero-order chi connectivity index (χ0) is 14.4. The van der Waals surface area contributed by atoms with Crippen LogP contribution >= 0.6 is 23.2 Å². The van der Waals surface area contributed by atoms with Gasteiger partial charge in [-0.05, 0) is 43.4 Å². The lowest BCUT2D eigenvalue weighted by Crippen LogP contribution is -2.23. The van der Waals surface area contributed by atoms with E-state index in [1.54, 1.807) is 0 Å². The van der Waals surface area contributed by atoms with Gasteiger partial charge in [-0.3, -0.25) is 0 Å². The number of alkyl halides is 1. The fourth-order valence-corrected chi connectivity index (χ4v) is 3.83. The lowest BCUT2D eigenvalue weighted by atomic mass is 10.1. The number of hydrogen-bond donors (Lipinski definition) is 0. The molecular weight excluding hydrogens is 307 g/mol. The third-order valence-electron chi connectivity index (χ3n) is 4.56. The van der Waals surface area contributed by atoms with E-state index in [1.807, 2.05) is 18.2 Å². The number of halogens is 2. The van der Waals surface area contributed by atoms with Crippen molar-refractivity contribution in [3.05, 3.63) is 29.0 Å². The summed E-state index contributed by atoms with van der Waals surface area (Å²) in [5.41, 5.74) is 2.12. The predicted molar refractivity (Wildman–Crippen MR) is 85.3 cm³/mol. The highest BCUT2D eigenvalue weighted by Gasteiger charge is 2.42. The molecule has 2 aliphatic rings. The Balaban J connectivity index is 1.84. The van der Waals surface area contributed by atoms with Crippen LogP contribution in [0.3, 0.4) is 0 Å². The van der Waals surface area contributed by atoms with Crippen LogP contribution in [0.4, 0.5) is 0 Å². The van der Waals surface area contributed by atoms with Gasteiger partial charge in [-0.1, -0.05) is 11.6 Å². The molecule has 21 heavy (non-hydrogen) atoms. The van der Waals surface area contributed by atoms with Crippen LogP contribution in [-0.4, -0.2) is 28.1 Å². The SMILES string of the molecule is ClCCc1nc2ccc(Cl)cc2n1C1CCOC1C1CC1. The Morgan fingerprint density at radius 3 is 2.90 bits per heavy atom. The van der Waals surface area contributed by atoms with Gasteiger partial charge in [-0.2, -0.15) is 0 Å². The fourth-order valence-electron chi connectivity index (χ4n) is 3.50. The summed E-state index contributed by atoms with van der Waals surface area (Å²) in [5, 5.41) is 0.753. The molecule has 3 nitrogen and oxygen atoms in total. The summed E-state index contributed by atoms with van der Waals surface area (Å²) in [7, 11) is 0. The molecule has 0 spiro atoms. The normalized spacial score (nSPS) is 25.8. The first-order valence-electron chi connectivity index (χ1n) is 7.62. The Hall–Kier alpha value is -0.770. The number of rotatable bonds is 4. The largest absolute Gasteiger partial charge is 0.376 e. The molecule has 0 radical (unpaired) electrons. The second-order valence-corrected chi connectivity index (χ2v) is 6.81. The van der Waals surface area contributed by atoms with Crippen LogP contribution < -0.4 is 0 Å². The van der Waals surface area contributed by atoms with E-state index in [2.05, 4.69) is 4.57 Å². The van der Waals surface area contributed by atoms with Crippen LogP contribution in [-0.2, 0) is 11.2 Å². The highest BCUT2D eigenvalue weighted by Crippen LogP contribution is 2.44. The molecule has 2 aromatic rings. The highest BCUT2D eigenvalue weighted by molar-refractivity contribution is 6.31. The lowest BCUT2D eigenvalue weighted by molar-refractivity contribution is 0.0753. The number of aromatic nitrogens is 2. The Morgan fingerprint density at radius 1 is 1.29 bits per heavy atom. The van der Waals surface area contributed by atoms with Crippen molar-refractivity contribution in [2.75, 3.05) is 12.5 Å². The number of imidazole rings is 1. The zero-order valence-electron chi connectivity index (χ0n) is 11.8. The zero-order valence-corrected chi connectivity index (χ0v) is 13.3. The smallest absolute Gasteiger partial charge is 0.111 e. The Kier molecular flexibility index (Phi) is 3.60. The molecule has 2 unspecified atom stereocenters. The molecule has 1 saturated carbocycles. The van der Waals surface area contributed by atoms with Crippen LogP contribution in [0.5, 0.6) is 0 Å². The van der Waals surface area contributed by atoms with E-state index >= 15 is 0 Å². The third kappa shape index (κ3) is 2.45. The van der Waals surface area contributed by atoms with Crippen molar-refractivity contribution in [1.29, 1.82) is 0 Å². The number of benzene rings is 1. The summed E-state index contributed by atoms with van der Waals surface area (Å²) in [6, 6.07) is 6.28. The van der Waals surface area contributed by atoms with Gasteiger partial charge in [0.2, 0.25) is 0 Å². The Labute approximate surface area is 134 Å². The Morgan fingerprint density at radius 2 is 2.14 bits per heavy atom. The molecule has 1 aliphatic heterocycles. The van der Waals surface area contributed by atoms with E-state index in [0.717, 1.165) is 47.2 Å². The molecule has 1 aromatic heterocycles. The summed E-state index contributed by atoms with van der Waals surface area (Å²) in [6.45, 7) is 0.840. The molecule has 2 fully saturated rings. The van der Waals surface area contributed by atoms with Crippen LogP contribution in [0.25, 0.3) is 11.0 Å². The Bertz CT molecular complexity index is 666. The summed E-state index contributed by atoms with van der Waals surface area (Å²) in [4.78, 5) is 4.77. The molecule has 0 amide bonds. The second-order valence-electron chi connectivity index (χ2n) is 6.00. The third-order valence-corrected chi connectivity index (χ3v) is 4.99. The first-order chi connectivity index (χ1) is 10.3. The van der Waals surface area contributed by atoms with Crippen molar-refractivity contribution >= 4 is 34.2 Å². The summed E-state index contributed by atoms with van der Waals surface area (Å²) < 4.78 is 8.36. The van der Waals surface area contributed by atoms with Crippen LogP contribution in [0.2, 0.25) is 5.02 Å². The quantitative estimate of drug-likeness (QED) is 0.787. The van der Waals surface area contributed by atoms with E-state index in [1.165, 1.54) is 12.8 Å². The highest BCUT2D eigenvalue weighted by atomic mass is 35.5. The van der Waals surface area contributed by atoms with Gasteiger partial charge in [-0.25, -0.2) is 4.98 Å². The van der Waals surface area contributed by atoms with Crippen LogP contribution in [0, 0.1) is 5.92 Å². The second kappa shape index (κ2) is 5.45. The summed E-state index contributed by atoms with van der Waals surface area (Å²) in [5.74, 6) is 2.36. The van der Waals surface area contributed by atoms with Gasteiger partial charge in [-0.15, -0.1) is 11.6 Å². The number of ether oxygens (including phenoxy) is 1. The monoisotopic (exact) mass is 324 g/mol. The molecule has 5 heteroatoms. The molecule has 1 aromatic carbocycles. The molecular formula is C16H18Cl2N2O. The molecule has 2 heterocycles. The lowest BCUT2D eigenvalue weighted by Gasteiger charge is -2.22. The van der Waals surface area contributed by atoms with Crippen molar-refractivity contribution in [2.45, 2.75) is 37.8 Å². The standard InChI is InChI=1S/C16H18Cl2N2O/c17-7-5-15-19-12-4-3-11(18)9-14(12)20(15)13-6-8-21-16(13)10-1-2-10/h3-4,9-10,13,16H,1-2,5-8H2. The molecule has 0 bridgehead atoms. The molecule has 112 valence electrons. The van der Waals surface area contributed by atoms with E-state index in [0.29, 0.717) is 18.0 Å². The molecule has 1 saturated heterocycles. The summed E-state index contributed by atoms with van der Waals surface area (Å²) >= 11 is 12.2. The minimum absolute atomic E-state index is 0.329. The van der Waals surface area contributed by atoms with Crippen LogP contribution in [0.15, 0.2) is 18.2 Å². The number of nitrogens with zero attached hydrogens (tertiary/aromatic N) is 2. The van der Waals surface area contributed by atoms with Gasteiger partial charge in [0.05, 0.1) is 23.2 Å². The van der Waals surface area contributed by atoms with E-state index in [-0.39, 0.29) is 0 Å².